The maximum absolute atomic E-state index is 11.2. The molecule has 1 unspecified atom stereocenters. The van der Waals surface area contributed by atoms with Gasteiger partial charge in [0.25, 0.3) is 5.88 Å². The lowest BCUT2D eigenvalue weighted by atomic mass is 10.1. The summed E-state index contributed by atoms with van der Waals surface area (Å²) in [7, 11) is 0. The molecule has 0 aliphatic carbocycles. The fourth-order valence-electron chi connectivity index (χ4n) is 3.06. The van der Waals surface area contributed by atoms with Crippen LogP contribution in [0.1, 0.15) is 6.42 Å². The van der Waals surface area contributed by atoms with Crippen molar-refractivity contribution in [1.29, 1.82) is 0 Å². The first kappa shape index (κ1) is 17.7. The monoisotopic (exact) mass is 377 g/mol. The summed E-state index contributed by atoms with van der Waals surface area (Å²) < 4.78 is 5.92. The lowest BCUT2D eigenvalue weighted by Gasteiger charge is -2.19. The Kier molecular flexibility index (Phi) is 5.01. The zero-order valence-corrected chi connectivity index (χ0v) is 15.0. The van der Waals surface area contributed by atoms with Gasteiger partial charge in [-0.3, -0.25) is 4.79 Å². The predicted octanol–water partition coefficient (Wildman–Crippen LogP) is 3.32. The first-order chi connectivity index (χ1) is 13.7. The number of nitrogens with zero attached hydrogens (tertiary/aromatic N) is 4. The Hall–Kier alpha value is -3.68. The molecule has 3 aromatic rings. The van der Waals surface area contributed by atoms with Crippen LogP contribution in [0.15, 0.2) is 61.1 Å². The summed E-state index contributed by atoms with van der Waals surface area (Å²) in [5, 5.41) is 12.4. The number of aromatic nitrogens is 3. The minimum atomic E-state index is -0.787. The van der Waals surface area contributed by atoms with Gasteiger partial charge in [-0.1, -0.05) is 6.07 Å². The summed E-state index contributed by atoms with van der Waals surface area (Å²) in [6.07, 6.45) is 5.44. The number of hydrogen-bond acceptors (Lipinski definition) is 7. The topological polar surface area (TPSA) is 100 Å². The van der Waals surface area contributed by atoms with E-state index in [-0.39, 0.29) is 0 Å². The Morgan fingerprint density at radius 1 is 1.07 bits per heavy atom. The molecule has 1 saturated heterocycles. The van der Waals surface area contributed by atoms with E-state index in [0.29, 0.717) is 37.0 Å². The van der Waals surface area contributed by atoms with E-state index in [0.717, 1.165) is 11.5 Å². The quantitative estimate of drug-likeness (QED) is 0.675. The van der Waals surface area contributed by atoms with Crippen molar-refractivity contribution in [2.45, 2.75) is 6.42 Å². The van der Waals surface area contributed by atoms with E-state index in [4.69, 9.17) is 4.74 Å². The Morgan fingerprint density at radius 3 is 2.61 bits per heavy atom. The molecule has 8 nitrogen and oxygen atoms in total. The first-order valence-electron chi connectivity index (χ1n) is 8.94. The van der Waals surface area contributed by atoms with E-state index in [1.54, 1.807) is 18.6 Å². The van der Waals surface area contributed by atoms with Crippen molar-refractivity contribution in [3.63, 3.8) is 0 Å². The minimum absolute atomic E-state index is 0.360. The van der Waals surface area contributed by atoms with Gasteiger partial charge in [0.1, 0.15) is 11.6 Å². The summed E-state index contributed by atoms with van der Waals surface area (Å²) in [6.45, 7) is 1.01. The molecule has 2 aromatic heterocycles. The Labute approximate surface area is 161 Å². The molecule has 0 bridgehead atoms. The van der Waals surface area contributed by atoms with E-state index in [2.05, 4.69) is 20.3 Å². The van der Waals surface area contributed by atoms with Crippen molar-refractivity contribution < 1.29 is 14.6 Å². The van der Waals surface area contributed by atoms with Crippen LogP contribution in [0.4, 0.5) is 17.3 Å². The number of carboxylic acids is 1. The minimum Gasteiger partial charge on any atom is -0.481 e. The summed E-state index contributed by atoms with van der Waals surface area (Å²) in [4.78, 5) is 26.0. The Bertz CT molecular complexity index is 950. The van der Waals surface area contributed by atoms with Crippen molar-refractivity contribution in [1.82, 2.24) is 15.0 Å². The predicted molar refractivity (Wildman–Crippen MR) is 104 cm³/mol. The molecule has 0 saturated carbocycles. The van der Waals surface area contributed by atoms with Crippen LogP contribution >= 0.6 is 0 Å². The molecule has 8 heteroatoms. The fourth-order valence-corrected chi connectivity index (χ4v) is 3.06. The van der Waals surface area contributed by atoms with E-state index in [1.807, 2.05) is 47.4 Å². The molecule has 4 rings (SSSR count). The fraction of sp³-hybridized carbons (Fsp3) is 0.200. The highest BCUT2D eigenvalue weighted by atomic mass is 16.5. The third-order valence-corrected chi connectivity index (χ3v) is 4.49. The molecular formula is C20H19N5O3. The lowest BCUT2D eigenvalue weighted by Crippen LogP contribution is -2.24. The standard InChI is InChI=1S/C20H19N5O3/c26-20(27)14-8-12-25(13-14)18-19(23-11-10-22-18)28-16-6-4-15(5-7-16)24-17-3-1-2-9-21-17/h1-7,9-11,14H,8,12-13H2,(H,21,24)(H,26,27). The number of ether oxygens (including phenoxy) is 1. The van der Waals surface area contributed by atoms with E-state index < -0.39 is 11.9 Å². The molecule has 28 heavy (non-hydrogen) atoms. The van der Waals surface area contributed by atoms with Gasteiger partial charge < -0.3 is 20.1 Å². The molecule has 0 amide bonds. The highest BCUT2D eigenvalue weighted by molar-refractivity contribution is 5.72. The zero-order chi connectivity index (χ0) is 19.3. The molecule has 1 atom stereocenters. The third-order valence-electron chi connectivity index (χ3n) is 4.49. The normalized spacial score (nSPS) is 16.0. The largest absolute Gasteiger partial charge is 0.481 e. The van der Waals surface area contributed by atoms with Crippen LogP contribution in [0.25, 0.3) is 0 Å². The number of aliphatic carboxylic acids is 1. The van der Waals surface area contributed by atoms with Gasteiger partial charge in [0.05, 0.1) is 5.92 Å². The molecule has 0 radical (unpaired) electrons. The van der Waals surface area contributed by atoms with Crippen molar-refractivity contribution in [2.75, 3.05) is 23.3 Å². The molecule has 1 fully saturated rings. The molecule has 1 aromatic carbocycles. The van der Waals surface area contributed by atoms with Crippen LogP contribution in [0.5, 0.6) is 11.6 Å². The smallest absolute Gasteiger partial charge is 0.308 e. The van der Waals surface area contributed by atoms with E-state index in [1.165, 1.54) is 0 Å². The van der Waals surface area contributed by atoms with Crippen LogP contribution in [-0.4, -0.2) is 39.1 Å². The number of carboxylic acid groups (broad SMARTS) is 1. The second kappa shape index (κ2) is 7.91. The van der Waals surface area contributed by atoms with Crippen LogP contribution < -0.4 is 15.0 Å². The molecule has 2 N–H and O–H groups in total. The number of rotatable bonds is 6. The third kappa shape index (κ3) is 4.01. The zero-order valence-electron chi connectivity index (χ0n) is 15.0. The van der Waals surface area contributed by atoms with Crippen molar-refractivity contribution in [3.05, 3.63) is 61.1 Å². The van der Waals surface area contributed by atoms with Gasteiger partial charge in [-0.2, -0.15) is 0 Å². The molecule has 3 heterocycles. The second-order valence-corrected chi connectivity index (χ2v) is 6.42. The Morgan fingerprint density at radius 2 is 1.89 bits per heavy atom. The van der Waals surface area contributed by atoms with Crippen LogP contribution in [0.2, 0.25) is 0 Å². The summed E-state index contributed by atoms with van der Waals surface area (Å²) in [5.41, 5.74) is 0.884. The molecule has 142 valence electrons. The van der Waals surface area contributed by atoms with Gasteiger partial charge in [-0.25, -0.2) is 15.0 Å². The van der Waals surface area contributed by atoms with Crippen LogP contribution in [0, 0.1) is 5.92 Å². The molecule has 0 spiro atoms. The van der Waals surface area contributed by atoms with Gasteiger partial charge in [0, 0.05) is 37.4 Å². The number of benzene rings is 1. The summed E-state index contributed by atoms with van der Waals surface area (Å²) in [5.74, 6) is 1.11. The average Bonchev–Trinajstić information content (AvgIpc) is 3.21. The molecule has 1 aliphatic heterocycles. The van der Waals surface area contributed by atoms with Crippen molar-refractivity contribution >= 4 is 23.3 Å². The summed E-state index contributed by atoms with van der Waals surface area (Å²) >= 11 is 0. The summed E-state index contributed by atoms with van der Waals surface area (Å²) in [6, 6.07) is 13.1. The number of hydrogen-bond donors (Lipinski definition) is 2. The van der Waals surface area contributed by atoms with E-state index >= 15 is 0 Å². The highest BCUT2D eigenvalue weighted by Crippen LogP contribution is 2.32. The maximum atomic E-state index is 11.2. The van der Waals surface area contributed by atoms with Crippen LogP contribution in [-0.2, 0) is 4.79 Å². The van der Waals surface area contributed by atoms with Gasteiger partial charge in [0.15, 0.2) is 5.82 Å². The number of carbonyl (C=O) groups is 1. The first-order valence-corrected chi connectivity index (χ1v) is 8.94. The van der Waals surface area contributed by atoms with E-state index in [9.17, 15) is 9.90 Å². The Balaban J connectivity index is 1.47. The molecule has 1 aliphatic rings. The maximum Gasteiger partial charge on any atom is 0.308 e. The van der Waals surface area contributed by atoms with Crippen molar-refractivity contribution in [2.24, 2.45) is 5.92 Å². The van der Waals surface area contributed by atoms with Gasteiger partial charge in [-0.15, -0.1) is 0 Å². The van der Waals surface area contributed by atoms with Gasteiger partial charge >= 0.3 is 5.97 Å². The van der Waals surface area contributed by atoms with Crippen LogP contribution in [0.3, 0.4) is 0 Å². The van der Waals surface area contributed by atoms with Gasteiger partial charge in [-0.05, 0) is 42.8 Å². The SMILES string of the molecule is O=C(O)C1CCN(c2nccnc2Oc2ccc(Nc3ccccn3)cc2)C1. The van der Waals surface area contributed by atoms with Crippen molar-refractivity contribution in [3.8, 4) is 11.6 Å². The average molecular weight is 377 g/mol. The number of pyridine rings is 1. The number of nitrogens with one attached hydrogen (secondary N) is 1. The molecular weight excluding hydrogens is 358 g/mol. The van der Waals surface area contributed by atoms with Gasteiger partial charge in [0.2, 0.25) is 0 Å². The highest BCUT2D eigenvalue weighted by Gasteiger charge is 2.30. The second-order valence-electron chi connectivity index (χ2n) is 6.42. The number of anilines is 3. The lowest BCUT2D eigenvalue weighted by molar-refractivity contribution is -0.140.